The van der Waals surface area contributed by atoms with Gasteiger partial charge in [0.2, 0.25) is 0 Å². The van der Waals surface area contributed by atoms with E-state index in [-0.39, 0.29) is 5.97 Å². The lowest BCUT2D eigenvalue weighted by molar-refractivity contribution is -0.144. The summed E-state index contributed by atoms with van der Waals surface area (Å²) in [5.41, 5.74) is 2.77. The number of benzene rings is 2. The lowest BCUT2D eigenvalue weighted by atomic mass is 10.0. The molecule has 2 aromatic rings. The molecule has 3 heteroatoms. The smallest absolute Gasteiger partial charge is 0.330 e. The number of rotatable bonds is 5. The predicted octanol–water partition coefficient (Wildman–Crippen LogP) is 3.48. The molecule has 0 radical (unpaired) electrons. The maximum Gasteiger partial charge on any atom is 0.330 e. The van der Waals surface area contributed by atoms with Gasteiger partial charge in [0.05, 0.1) is 12.3 Å². The number of nitrogens with zero attached hydrogens (tertiary/aromatic N) is 1. The summed E-state index contributed by atoms with van der Waals surface area (Å²) in [5.74, 6) is -0.304. The standard InChI is InChI=1S/C18H19NO2/c1-3-21-18(20)14(2)19-17(15-10-6-4-7-11-15)16-12-8-5-9-13-16/h4-14H,3H2,1-2H3/t14-/m0/s1. The molecule has 0 fully saturated rings. The maximum absolute atomic E-state index is 11.8. The molecule has 0 aliphatic rings. The third kappa shape index (κ3) is 4.02. The van der Waals surface area contributed by atoms with Crippen LogP contribution in [0.15, 0.2) is 65.7 Å². The number of carbonyl (C=O) groups excluding carboxylic acids is 1. The SMILES string of the molecule is CCOC(=O)[C@H](C)N=C(c1ccccc1)c1ccccc1. The van der Waals surface area contributed by atoms with Gasteiger partial charge >= 0.3 is 5.97 Å². The van der Waals surface area contributed by atoms with Gasteiger partial charge in [-0.3, -0.25) is 4.99 Å². The van der Waals surface area contributed by atoms with E-state index in [0.717, 1.165) is 16.8 Å². The predicted molar refractivity (Wildman–Crippen MR) is 84.6 cm³/mol. The largest absolute Gasteiger partial charge is 0.464 e. The van der Waals surface area contributed by atoms with Gasteiger partial charge in [-0.05, 0) is 13.8 Å². The summed E-state index contributed by atoms with van der Waals surface area (Å²) < 4.78 is 5.03. The Hall–Kier alpha value is -2.42. The van der Waals surface area contributed by atoms with Gasteiger partial charge in [-0.2, -0.15) is 0 Å². The minimum Gasteiger partial charge on any atom is -0.464 e. The second-order valence-corrected chi connectivity index (χ2v) is 4.64. The van der Waals surface area contributed by atoms with E-state index in [0.29, 0.717) is 6.61 Å². The summed E-state index contributed by atoms with van der Waals surface area (Å²) in [6.07, 6.45) is 0. The molecule has 0 heterocycles. The number of esters is 1. The first-order valence-corrected chi connectivity index (χ1v) is 7.07. The molecule has 0 saturated heterocycles. The molecule has 0 saturated carbocycles. The van der Waals surface area contributed by atoms with Crippen molar-refractivity contribution in [1.29, 1.82) is 0 Å². The van der Waals surface area contributed by atoms with Crippen LogP contribution in [0, 0.1) is 0 Å². The van der Waals surface area contributed by atoms with Gasteiger partial charge in [0.25, 0.3) is 0 Å². The Morgan fingerprint density at radius 2 is 1.48 bits per heavy atom. The van der Waals surface area contributed by atoms with Crippen molar-refractivity contribution in [3.05, 3.63) is 71.8 Å². The summed E-state index contributed by atoms with van der Waals surface area (Å²) in [7, 11) is 0. The highest BCUT2D eigenvalue weighted by Gasteiger charge is 2.15. The van der Waals surface area contributed by atoms with Crippen LogP contribution in [0.3, 0.4) is 0 Å². The van der Waals surface area contributed by atoms with Crippen LogP contribution < -0.4 is 0 Å². The molecule has 2 rings (SSSR count). The molecule has 21 heavy (non-hydrogen) atoms. The lowest BCUT2D eigenvalue weighted by Crippen LogP contribution is -2.20. The number of aliphatic imine (C=N–C) groups is 1. The van der Waals surface area contributed by atoms with E-state index in [1.54, 1.807) is 13.8 Å². The van der Waals surface area contributed by atoms with Crippen molar-refractivity contribution in [3.8, 4) is 0 Å². The first kappa shape index (κ1) is 15.0. The van der Waals surface area contributed by atoms with E-state index in [4.69, 9.17) is 4.74 Å². The highest BCUT2D eigenvalue weighted by atomic mass is 16.5. The third-order valence-corrected chi connectivity index (χ3v) is 3.04. The zero-order valence-corrected chi connectivity index (χ0v) is 12.3. The minimum atomic E-state index is -0.527. The first-order chi connectivity index (χ1) is 10.2. The van der Waals surface area contributed by atoms with Gasteiger partial charge in [0.15, 0.2) is 0 Å². The molecule has 0 unspecified atom stereocenters. The van der Waals surface area contributed by atoms with Crippen molar-refractivity contribution >= 4 is 11.7 Å². The quantitative estimate of drug-likeness (QED) is 0.621. The van der Waals surface area contributed by atoms with Crippen LogP contribution >= 0.6 is 0 Å². The molecule has 0 amide bonds. The average Bonchev–Trinajstić information content (AvgIpc) is 2.54. The molecular formula is C18H19NO2. The fourth-order valence-corrected chi connectivity index (χ4v) is 2.02. The minimum absolute atomic E-state index is 0.304. The van der Waals surface area contributed by atoms with Gasteiger partial charge in [-0.25, -0.2) is 4.79 Å². The molecular weight excluding hydrogens is 262 g/mol. The van der Waals surface area contributed by atoms with Gasteiger partial charge in [-0.15, -0.1) is 0 Å². The van der Waals surface area contributed by atoms with E-state index >= 15 is 0 Å². The topological polar surface area (TPSA) is 38.7 Å². The molecule has 3 nitrogen and oxygen atoms in total. The lowest BCUT2D eigenvalue weighted by Gasteiger charge is -2.11. The van der Waals surface area contributed by atoms with E-state index in [1.807, 2.05) is 60.7 Å². The molecule has 0 N–H and O–H groups in total. The maximum atomic E-state index is 11.8. The Balaban J connectivity index is 2.40. The van der Waals surface area contributed by atoms with Crippen LogP contribution in [0.2, 0.25) is 0 Å². The summed E-state index contributed by atoms with van der Waals surface area (Å²) in [5, 5.41) is 0. The molecule has 0 aliphatic carbocycles. The number of hydrogen-bond acceptors (Lipinski definition) is 3. The summed E-state index contributed by atoms with van der Waals surface area (Å²) in [4.78, 5) is 16.4. The van der Waals surface area contributed by atoms with Crippen molar-refractivity contribution in [2.75, 3.05) is 6.61 Å². The normalized spacial score (nSPS) is 11.5. The zero-order chi connectivity index (χ0) is 15.1. The number of ether oxygens (including phenoxy) is 1. The fourth-order valence-electron chi connectivity index (χ4n) is 2.02. The van der Waals surface area contributed by atoms with E-state index in [2.05, 4.69) is 4.99 Å². The van der Waals surface area contributed by atoms with E-state index < -0.39 is 6.04 Å². The van der Waals surface area contributed by atoms with Crippen molar-refractivity contribution < 1.29 is 9.53 Å². The highest BCUT2D eigenvalue weighted by Crippen LogP contribution is 2.12. The van der Waals surface area contributed by atoms with Crippen molar-refractivity contribution in [3.63, 3.8) is 0 Å². The van der Waals surface area contributed by atoms with Crippen molar-refractivity contribution in [2.45, 2.75) is 19.9 Å². The van der Waals surface area contributed by atoms with E-state index in [9.17, 15) is 4.79 Å². The Labute approximate surface area is 125 Å². The van der Waals surface area contributed by atoms with Crippen LogP contribution in [0.1, 0.15) is 25.0 Å². The molecule has 108 valence electrons. The summed E-state index contributed by atoms with van der Waals surface area (Å²) >= 11 is 0. The third-order valence-electron chi connectivity index (χ3n) is 3.04. The van der Waals surface area contributed by atoms with Crippen molar-refractivity contribution in [1.82, 2.24) is 0 Å². The van der Waals surface area contributed by atoms with Gasteiger partial charge in [-0.1, -0.05) is 60.7 Å². The van der Waals surface area contributed by atoms with Crippen LogP contribution in [-0.4, -0.2) is 24.3 Å². The Morgan fingerprint density at radius 1 is 1.00 bits per heavy atom. The average molecular weight is 281 g/mol. The monoisotopic (exact) mass is 281 g/mol. The Kier molecular flexibility index (Phi) is 5.27. The van der Waals surface area contributed by atoms with Crippen LogP contribution in [0.5, 0.6) is 0 Å². The van der Waals surface area contributed by atoms with Gasteiger partial charge in [0, 0.05) is 11.1 Å². The number of carbonyl (C=O) groups is 1. The number of hydrogen-bond donors (Lipinski definition) is 0. The van der Waals surface area contributed by atoms with E-state index in [1.165, 1.54) is 0 Å². The fraction of sp³-hybridized carbons (Fsp3) is 0.222. The summed E-state index contributed by atoms with van der Waals surface area (Å²) in [6.45, 7) is 3.91. The first-order valence-electron chi connectivity index (χ1n) is 7.07. The molecule has 2 aromatic carbocycles. The summed E-state index contributed by atoms with van der Waals surface area (Å²) in [6, 6.07) is 19.2. The molecule has 0 aliphatic heterocycles. The van der Waals surface area contributed by atoms with Gasteiger partial charge in [0.1, 0.15) is 6.04 Å². The second-order valence-electron chi connectivity index (χ2n) is 4.64. The molecule has 1 atom stereocenters. The Bertz CT molecular complexity index is 564. The second kappa shape index (κ2) is 7.39. The Morgan fingerprint density at radius 3 is 1.90 bits per heavy atom. The molecule has 0 spiro atoms. The van der Waals surface area contributed by atoms with Crippen molar-refractivity contribution in [2.24, 2.45) is 4.99 Å². The van der Waals surface area contributed by atoms with Crippen LogP contribution in [0.4, 0.5) is 0 Å². The molecule has 0 aromatic heterocycles. The van der Waals surface area contributed by atoms with Crippen LogP contribution in [0.25, 0.3) is 0 Å². The van der Waals surface area contributed by atoms with Crippen LogP contribution in [-0.2, 0) is 9.53 Å². The van der Waals surface area contributed by atoms with Gasteiger partial charge < -0.3 is 4.74 Å². The molecule has 0 bridgehead atoms. The highest BCUT2D eigenvalue weighted by molar-refractivity contribution is 6.13. The zero-order valence-electron chi connectivity index (χ0n) is 12.3.